The van der Waals surface area contributed by atoms with Gasteiger partial charge in [-0.1, -0.05) is 24.3 Å². The second-order valence-corrected chi connectivity index (χ2v) is 8.88. The molecule has 1 saturated carbocycles. The normalized spacial score (nSPS) is 23.9. The number of aromatic nitrogens is 1. The van der Waals surface area contributed by atoms with Crippen LogP contribution in [-0.4, -0.2) is 34.0 Å². The molecule has 0 N–H and O–H groups in total. The summed E-state index contributed by atoms with van der Waals surface area (Å²) in [5, 5.41) is 0. The van der Waals surface area contributed by atoms with E-state index < -0.39 is 11.7 Å². The van der Waals surface area contributed by atoms with Gasteiger partial charge in [-0.05, 0) is 67.1 Å². The van der Waals surface area contributed by atoms with Crippen LogP contribution < -0.4 is 4.74 Å². The predicted molar refractivity (Wildman–Crippen MR) is 118 cm³/mol. The van der Waals surface area contributed by atoms with E-state index in [0.29, 0.717) is 12.0 Å². The van der Waals surface area contributed by atoms with Crippen LogP contribution in [0, 0.1) is 11.7 Å². The van der Waals surface area contributed by atoms with Gasteiger partial charge in [-0.15, -0.1) is 0 Å². The fourth-order valence-electron chi connectivity index (χ4n) is 5.09. The van der Waals surface area contributed by atoms with Crippen molar-refractivity contribution in [3.05, 3.63) is 83.8 Å². The van der Waals surface area contributed by atoms with Crippen LogP contribution in [0.25, 0.3) is 11.1 Å². The maximum Gasteiger partial charge on any atom is 0.417 e. The lowest BCUT2D eigenvalue weighted by Gasteiger charge is -2.37. The third kappa shape index (κ3) is 4.13. The van der Waals surface area contributed by atoms with Crippen LogP contribution in [0.5, 0.6) is 5.88 Å². The van der Waals surface area contributed by atoms with Crippen LogP contribution >= 0.6 is 0 Å². The van der Waals surface area contributed by atoms with Crippen molar-refractivity contribution in [1.82, 2.24) is 9.88 Å². The predicted octanol–water partition coefficient (Wildman–Crippen LogP) is 5.98. The molecule has 3 aromatic rings. The van der Waals surface area contributed by atoms with E-state index in [-0.39, 0.29) is 41.7 Å². The summed E-state index contributed by atoms with van der Waals surface area (Å²) in [7, 11) is 0. The van der Waals surface area contributed by atoms with E-state index in [2.05, 4.69) is 4.98 Å². The third-order valence-electron chi connectivity index (χ3n) is 6.84. The molecule has 5 rings (SSSR count). The number of likely N-dealkylation sites (tertiary alicyclic amines) is 1. The SMILES string of the molecule is CC1C2CC(Oc3ccc(C(F)(F)F)cn3)C(C2)N1C(=O)c1cccc(-c2ccc(F)cc2)c1. The van der Waals surface area contributed by atoms with Gasteiger partial charge in [0.25, 0.3) is 5.91 Å². The van der Waals surface area contributed by atoms with Gasteiger partial charge in [-0.3, -0.25) is 4.79 Å². The number of fused-ring (bicyclic) bond motifs is 2. The Morgan fingerprint density at radius 3 is 2.44 bits per heavy atom. The molecule has 2 aliphatic rings. The third-order valence-corrected chi connectivity index (χ3v) is 6.84. The lowest BCUT2D eigenvalue weighted by atomic mass is 9.97. The first-order chi connectivity index (χ1) is 16.2. The quantitative estimate of drug-likeness (QED) is 0.441. The number of ether oxygens (including phenoxy) is 1. The molecule has 4 atom stereocenters. The lowest BCUT2D eigenvalue weighted by Crippen LogP contribution is -2.51. The van der Waals surface area contributed by atoms with Crippen LogP contribution in [0.3, 0.4) is 0 Å². The first kappa shape index (κ1) is 22.4. The molecule has 0 radical (unpaired) electrons. The first-order valence-electron chi connectivity index (χ1n) is 11.1. The smallest absolute Gasteiger partial charge is 0.417 e. The maximum atomic E-state index is 13.5. The van der Waals surface area contributed by atoms with Gasteiger partial charge >= 0.3 is 6.18 Å². The van der Waals surface area contributed by atoms with Crippen molar-refractivity contribution in [2.75, 3.05) is 0 Å². The minimum Gasteiger partial charge on any atom is -0.472 e. The van der Waals surface area contributed by atoms with E-state index in [0.717, 1.165) is 29.8 Å². The number of carbonyl (C=O) groups excluding carboxylic acids is 1. The molecule has 2 heterocycles. The lowest BCUT2D eigenvalue weighted by molar-refractivity contribution is -0.137. The largest absolute Gasteiger partial charge is 0.472 e. The summed E-state index contributed by atoms with van der Waals surface area (Å²) < 4.78 is 57.6. The van der Waals surface area contributed by atoms with E-state index in [4.69, 9.17) is 4.74 Å². The number of piperidine rings is 1. The number of hydrogen-bond acceptors (Lipinski definition) is 3. The van der Waals surface area contributed by atoms with Crippen molar-refractivity contribution in [3.8, 4) is 17.0 Å². The molecule has 4 nitrogen and oxygen atoms in total. The number of amides is 1. The summed E-state index contributed by atoms with van der Waals surface area (Å²) in [6, 6.07) is 15.3. The van der Waals surface area contributed by atoms with Gasteiger partial charge in [0.2, 0.25) is 5.88 Å². The Hall–Kier alpha value is -3.42. The molecular formula is C26H22F4N2O2. The minimum atomic E-state index is -4.46. The van der Waals surface area contributed by atoms with Gasteiger partial charge in [0, 0.05) is 23.9 Å². The highest BCUT2D eigenvalue weighted by Crippen LogP contribution is 2.44. The second kappa shape index (κ2) is 8.42. The summed E-state index contributed by atoms with van der Waals surface area (Å²) in [6.07, 6.45) is -2.55. The van der Waals surface area contributed by atoms with Crippen LogP contribution in [0.1, 0.15) is 35.7 Å². The summed E-state index contributed by atoms with van der Waals surface area (Å²) in [6.45, 7) is 2.01. The molecule has 1 aliphatic heterocycles. The van der Waals surface area contributed by atoms with Crippen LogP contribution in [0.4, 0.5) is 17.6 Å². The molecule has 34 heavy (non-hydrogen) atoms. The molecule has 1 saturated heterocycles. The average Bonchev–Trinajstić information content (AvgIpc) is 3.36. The number of alkyl halides is 3. The van der Waals surface area contributed by atoms with Crippen molar-refractivity contribution in [2.45, 2.75) is 44.1 Å². The highest BCUT2D eigenvalue weighted by molar-refractivity contribution is 5.96. The molecule has 176 valence electrons. The van der Waals surface area contributed by atoms with Crippen molar-refractivity contribution in [1.29, 1.82) is 0 Å². The Kier molecular flexibility index (Phi) is 5.54. The van der Waals surface area contributed by atoms with Crippen molar-refractivity contribution in [2.24, 2.45) is 5.92 Å². The highest BCUT2D eigenvalue weighted by Gasteiger charge is 2.52. The summed E-state index contributed by atoms with van der Waals surface area (Å²) in [5.41, 5.74) is 1.30. The standard InChI is InChI=1S/C26H22F4N2O2/c1-15-19-12-22(23(13-19)34-24-10-7-20(14-31-24)26(28,29)30)32(15)25(33)18-4-2-3-17(11-18)16-5-8-21(27)9-6-16/h2-11,14-15,19,22-23H,12-13H2,1H3. The molecular weight excluding hydrogens is 448 g/mol. The zero-order valence-corrected chi connectivity index (χ0v) is 18.3. The molecule has 1 aromatic heterocycles. The molecule has 2 fully saturated rings. The van der Waals surface area contributed by atoms with E-state index in [1.807, 2.05) is 17.9 Å². The molecule has 8 heteroatoms. The van der Waals surface area contributed by atoms with E-state index in [1.165, 1.54) is 18.2 Å². The number of halogens is 4. The van der Waals surface area contributed by atoms with E-state index in [1.54, 1.807) is 30.3 Å². The van der Waals surface area contributed by atoms with Crippen molar-refractivity contribution >= 4 is 5.91 Å². The molecule has 0 spiro atoms. The van der Waals surface area contributed by atoms with Gasteiger partial charge < -0.3 is 9.64 Å². The van der Waals surface area contributed by atoms with E-state index >= 15 is 0 Å². The average molecular weight is 470 g/mol. The summed E-state index contributed by atoms with van der Waals surface area (Å²) in [4.78, 5) is 19.2. The molecule has 4 unspecified atom stereocenters. The Morgan fingerprint density at radius 2 is 1.79 bits per heavy atom. The number of benzene rings is 2. The Labute approximate surface area is 194 Å². The summed E-state index contributed by atoms with van der Waals surface area (Å²) >= 11 is 0. The topological polar surface area (TPSA) is 42.4 Å². The number of carbonyl (C=O) groups is 1. The fraction of sp³-hybridized carbons (Fsp3) is 0.308. The van der Waals surface area contributed by atoms with Crippen LogP contribution in [-0.2, 0) is 6.18 Å². The molecule has 1 amide bonds. The van der Waals surface area contributed by atoms with Crippen molar-refractivity contribution < 1.29 is 27.1 Å². The fourth-order valence-corrected chi connectivity index (χ4v) is 5.09. The zero-order chi connectivity index (χ0) is 24.0. The Balaban J connectivity index is 1.34. The van der Waals surface area contributed by atoms with Gasteiger partial charge in [-0.2, -0.15) is 13.2 Å². The minimum absolute atomic E-state index is 0.0207. The maximum absolute atomic E-state index is 13.5. The second-order valence-electron chi connectivity index (χ2n) is 8.88. The number of hydrogen-bond donors (Lipinski definition) is 0. The van der Waals surface area contributed by atoms with Gasteiger partial charge in [0.05, 0.1) is 11.6 Å². The molecule has 2 bridgehead atoms. The van der Waals surface area contributed by atoms with Crippen molar-refractivity contribution in [3.63, 3.8) is 0 Å². The first-order valence-corrected chi connectivity index (χ1v) is 11.1. The van der Waals surface area contributed by atoms with Gasteiger partial charge in [-0.25, -0.2) is 9.37 Å². The molecule has 2 aromatic carbocycles. The highest BCUT2D eigenvalue weighted by atomic mass is 19.4. The van der Waals surface area contributed by atoms with E-state index in [9.17, 15) is 22.4 Å². The number of pyridine rings is 1. The van der Waals surface area contributed by atoms with Crippen LogP contribution in [0.2, 0.25) is 0 Å². The Morgan fingerprint density at radius 1 is 1.03 bits per heavy atom. The summed E-state index contributed by atoms with van der Waals surface area (Å²) in [5.74, 6) is -0.0956. The van der Waals surface area contributed by atoms with Crippen LogP contribution in [0.15, 0.2) is 66.9 Å². The zero-order valence-electron chi connectivity index (χ0n) is 18.3. The number of rotatable bonds is 4. The molecule has 1 aliphatic carbocycles. The Bertz CT molecular complexity index is 1190. The van der Waals surface area contributed by atoms with Gasteiger partial charge in [0.15, 0.2) is 0 Å². The number of nitrogens with zero attached hydrogens (tertiary/aromatic N) is 2. The van der Waals surface area contributed by atoms with Gasteiger partial charge in [0.1, 0.15) is 11.9 Å². The monoisotopic (exact) mass is 470 g/mol.